The molecule has 3 N–H and O–H groups in total. The van der Waals surface area contributed by atoms with Gasteiger partial charge < -0.3 is 15.8 Å². The van der Waals surface area contributed by atoms with Gasteiger partial charge in [-0.3, -0.25) is 4.68 Å². The molecule has 0 spiro atoms. The Hall–Kier alpha value is -1.56. The number of nitrogens with one attached hydrogen (secondary N) is 1. The second-order valence-corrected chi connectivity index (χ2v) is 4.83. The van der Waals surface area contributed by atoms with Crippen LogP contribution < -0.4 is 11.1 Å². The number of aryl methyl sites for hydroxylation is 1. The molecule has 0 atom stereocenters. The smallest absolute Gasteiger partial charge is 0.407 e. The number of carbonyl (C=O) groups excluding carboxylic acids is 1. The molecule has 1 rings (SSSR count). The first-order valence-electron chi connectivity index (χ1n) is 5.50. The van der Waals surface area contributed by atoms with Crippen molar-refractivity contribution < 1.29 is 9.53 Å². The van der Waals surface area contributed by atoms with Crippen LogP contribution in [0.25, 0.3) is 0 Å². The summed E-state index contributed by atoms with van der Waals surface area (Å²) in [6.45, 7) is 6.18. The van der Waals surface area contributed by atoms with Crippen molar-refractivity contribution in [3.63, 3.8) is 0 Å². The van der Waals surface area contributed by atoms with E-state index < -0.39 is 11.7 Å². The van der Waals surface area contributed by atoms with Gasteiger partial charge in [0.2, 0.25) is 0 Å². The third-order valence-electron chi connectivity index (χ3n) is 2.01. The van der Waals surface area contributed by atoms with Crippen LogP contribution in [0, 0.1) is 0 Å². The Balaban J connectivity index is 2.53. The summed E-state index contributed by atoms with van der Waals surface area (Å²) in [6.07, 6.45) is 1.39. The molecule has 0 saturated heterocycles. The molecule has 0 aromatic carbocycles. The molecule has 0 aliphatic carbocycles. The molecule has 1 aromatic heterocycles. The van der Waals surface area contributed by atoms with Crippen LogP contribution in [0.3, 0.4) is 0 Å². The lowest BCUT2D eigenvalue weighted by Gasteiger charge is -2.19. The van der Waals surface area contributed by atoms with Gasteiger partial charge in [-0.2, -0.15) is 5.10 Å². The number of alkyl carbamates (subject to hydrolysis) is 1. The topological polar surface area (TPSA) is 82.2 Å². The lowest BCUT2D eigenvalue weighted by atomic mass is 10.2. The van der Waals surface area contributed by atoms with Crippen LogP contribution >= 0.6 is 0 Å². The molecule has 1 heterocycles. The molecule has 0 radical (unpaired) electrons. The van der Waals surface area contributed by atoms with Gasteiger partial charge in [0, 0.05) is 25.4 Å². The highest BCUT2D eigenvalue weighted by Crippen LogP contribution is 2.08. The standard InChI is InChI=1S/C11H20N4O2/c1-11(2,3)17-10(16)13-6-9-8(5-12)7-15(4)14-9/h7H,5-6,12H2,1-4H3,(H,13,16). The van der Waals surface area contributed by atoms with Crippen molar-refractivity contribution in [1.29, 1.82) is 0 Å². The summed E-state index contributed by atoms with van der Waals surface area (Å²) in [5.41, 5.74) is 6.76. The largest absolute Gasteiger partial charge is 0.444 e. The number of hydrogen-bond donors (Lipinski definition) is 2. The summed E-state index contributed by atoms with van der Waals surface area (Å²) < 4.78 is 6.80. The minimum absolute atomic E-state index is 0.322. The first-order chi connectivity index (χ1) is 7.81. The molecule has 6 heteroatoms. The Morgan fingerprint density at radius 2 is 2.24 bits per heavy atom. The maximum atomic E-state index is 11.4. The number of aromatic nitrogens is 2. The highest BCUT2D eigenvalue weighted by molar-refractivity contribution is 5.67. The van der Waals surface area contributed by atoms with Gasteiger partial charge in [-0.05, 0) is 20.8 Å². The Bertz CT molecular complexity index is 393. The van der Waals surface area contributed by atoms with Crippen LogP contribution in [-0.2, 0) is 24.9 Å². The summed E-state index contributed by atoms with van der Waals surface area (Å²) >= 11 is 0. The van der Waals surface area contributed by atoms with Crippen molar-refractivity contribution in [2.24, 2.45) is 12.8 Å². The van der Waals surface area contributed by atoms with Crippen molar-refractivity contribution >= 4 is 6.09 Å². The van der Waals surface area contributed by atoms with Gasteiger partial charge in [-0.1, -0.05) is 0 Å². The Morgan fingerprint density at radius 1 is 1.59 bits per heavy atom. The van der Waals surface area contributed by atoms with E-state index in [-0.39, 0.29) is 0 Å². The second-order valence-electron chi connectivity index (χ2n) is 4.83. The normalized spacial score (nSPS) is 11.4. The Labute approximate surface area is 101 Å². The number of rotatable bonds is 3. The average molecular weight is 240 g/mol. The van der Waals surface area contributed by atoms with Crippen molar-refractivity contribution in [2.75, 3.05) is 0 Å². The first kappa shape index (κ1) is 13.5. The monoisotopic (exact) mass is 240 g/mol. The molecule has 0 aliphatic rings. The van der Waals surface area contributed by atoms with E-state index in [1.165, 1.54) is 0 Å². The summed E-state index contributed by atoms with van der Waals surface area (Å²) in [5, 5.41) is 6.87. The van der Waals surface area contributed by atoms with E-state index in [0.29, 0.717) is 13.1 Å². The fourth-order valence-corrected chi connectivity index (χ4v) is 1.37. The molecule has 1 aromatic rings. The molecule has 0 bridgehead atoms. The molecular weight excluding hydrogens is 220 g/mol. The maximum Gasteiger partial charge on any atom is 0.407 e. The maximum absolute atomic E-state index is 11.4. The van der Waals surface area contributed by atoms with E-state index >= 15 is 0 Å². The van der Waals surface area contributed by atoms with Crippen molar-refractivity contribution in [3.8, 4) is 0 Å². The predicted molar refractivity (Wildman–Crippen MR) is 64.2 cm³/mol. The van der Waals surface area contributed by atoms with E-state index in [1.54, 1.807) is 4.68 Å². The number of hydrogen-bond acceptors (Lipinski definition) is 4. The fraction of sp³-hybridized carbons (Fsp3) is 0.636. The minimum Gasteiger partial charge on any atom is -0.444 e. The lowest BCUT2D eigenvalue weighted by molar-refractivity contribution is 0.0522. The van der Waals surface area contributed by atoms with E-state index in [0.717, 1.165) is 11.3 Å². The van der Waals surface area contributed by atoms with Crippen LogP contribution in [0.4, 0.5) is 4.79 Å². The quantitative estimate of drug-likeness (QED) is 0.822. The zero-order valence-electron chi connectivity index (χ0n) is 10.8. The SMILES string of the molecule is Cn1cc(CN)c(CNC(=O)OC(C)(C)C)n1. The van der Waals surface area contributed by atoms with Crippen LogP contribution in [0.1, 0.15) is 32.0 Å². The summed E-state index contributed by atoms with van der Waals surface area (Å²) in [7, 11) is 1.82. The van der Waals surface area contributed by atoms with Gasteiger partial charge in [0.15, 0.2) is 0 Å². The fourth-order valence-electron chi connectivity index (χ4n) is 1.37. The molecule has 0 aliphatic heterocycles. The highest BCUT2D eigenvalue weighted by atomic mass is 16.6. The van der Waals surface area contributed by atoms with E-state index in [9.17, 15) is 4.79 Å². The molecular formula is C11H20N4O2. The number of carbonyl (C=O) groups is 1. The van der Waals surface area contributed by atoms with E-state index in [1.807, 2.05) is 34.0 Å². The summed E-state index contributed by atoms with van der Waals surface area (Å²) in [6, 6.07) is 0. The molecule has 0 saturated carbocycles. The third kappa shape index (κ3) is 4.44. The molecule has 0 unspecified atom stereocenters. The van der Waals surface area contributed by atoms with Gasteiger partial charge in [-0.25, -0.2) is 4.79 Å². The predicted octanol–water partition coefficient (Wildman–Crippen LogP) is 0.903. The van der Waals surface area contributed by atoms with Crippen LogP contribution in [0.5, 0.6) is 0 Å². The molecule has 6 nitrogen and oxygen atoms in total. The molecule has 0 fully saturated rings. The van der Waals surface area contributed by atoms with Gasteiger partial charge in [-0.15, -0.1) is 0 Å². The van der Waals surface area contributed by atoms with Gasteiger partial charge in [0.1, 0.15) is 5.60 Å². The van der Waals surface area contributed by atoms with Crippen molar-refractivity contribution in [2.45, 2.75) is 39.5 Å². The molecule has 96 valence electrons. The Kier molecular flexibility index (Phi) is 4.11. The highest BCUT2D eigenvalue weighted by Gasteiger charge is 2.16. The van der Waals surface area contributed by atoms with Gasteiger partial charge in [0.25, 0.3) is 0 Å². The minimum atomic E-state index is -0.495. The average Bonchev–Trinajstić information content (AvgIpc) is 2.53. The van der Waals surface area contributed by atoms with E-state index in [2.05, 4.69) is 10.4 Å². The number of nitrogens with two attached hydrogens (primary N) is 1. The molecule has 17 heavy (non-hydrogen) atoms. The zero-order valence-corrected chi connectivity index (χ0v) is 10.8. The second kappa shape index (κ2) is 5.18. The van der Waals surface area contributed by atoms with Crippen LogP contribution in [0.15, 0.2) is 6.20 Å². The summed E-state index contributed by atoms with van der Waals surface area (Å²) in [4.78, 5) is 11.4. The third-order valence-corrected chi connectivity index (χ3v) is 2.01. The first-order valence-corrected chi connectivity index (χ1v) is 5.50. The summed E-state index contributed by atoms with van der Waals surface area (Å²) in [5.74, 6) is 0. The lowest BCUT2D eigenvalue weighted by Crippen LogP contribution is -2.32. The van der Waals surface area contributed by atoms with Crippen LogP contribution in [0.2, 0.25) is 0 Å². The zero-order chi connectivity index (χ0) is 13.1. The molecule has 1 amide bonds. The van der Waals surface area contributed by atoms with Gasteiger partial charge in [0.05, 0.1) is 12.2 Å². The number of nitrogens with zero attached hydrogens (tertiary/aromatic N) is 2. The van der Waals surface area contributed by atoms with Gasteiger partial charge >= 0.3 is 6.09 Å². The van der Waals surface area contributed by atoms with Crippen LogP contribution in [-0.4, -0.2) is 21.5 Å². The Morgan fingerprint density at radius 3 is 2.76 bits per heavy atom. The number of ether oxygens (including phenoxy) is 1. The number of amides is 1. The van der Waals surface area contributed by atoms with Crippen molar-refractivity contribution in [3.05, 3.63) is 17.5 Å². The van der Waals surface area contributed by atoms with E-state index in [4.69, 9.17) is 10.5 Å². The van der Waals surface area contributed by atoms with Crippen molar-refractivity contribution in [1.82, 2.24) is 15.1 Å².